The van der Waals surface area contributed by atoms with E-state index in [1.54, 1.807) is 30.3 Å². The second kappa shape index (κ2) is 8.63. The van der Waals surface area contributed by atoms with Crippen LogP contribution in [0.2, 0.25) is 0 Å². The molecule has 0 bridgehead atoms. The van der Waals surface area contributed by atoms with Gasteiger partial charge in [-0.25, -0.2) is 0 Å². The molecular weight excluding hydrogens is 318 g/mol. The number of para-hydroxylation sites is 1. The fourth-order valence-electron chi connectivity index (χ4n) is 2.29. The molecular formula is C19H21N3O3. The number of carbonyl (C=O) groups is 3. The van der Waals surface area contributed by atoms with Crippen molar-refractivity contribution in [1.82, 2.24) is 10.6 Å². The van der Waals surface area contributed by atoms with Crippen molar-refractivity contribution in [2.24, 2.45) is 0 Å². The summed E-state index contributed by atoms with van der Waals surface area (Å²) in [4.78, 5) is 35.6. The van der Waals surface area contributed by atoms with Gasteiger partial charge in [0.15, 0.2) is 0 Å². The van der Waals surface area contributed by atoms with Gasteiger partial charge in [0, 0.05) is 11.3 Å². The number of rotatable bonds is 6. The van der Waals surface area contributed by atoms with E-state index in [-0.39, 0.29) is 24.9 Å². The van der Waals surface area contributed by atoms with Crippen molar-refractivity contribution in [3.05, 3.63) is 65.2 Å². The number of anilines is 1. The lowest BCUT2D eigenvalue weighted by atomic mass is 10.1. The summed E-state index contributed by atoms with van der Waals surface area (Å²) in [5.74, 6) is -1.09. The van der Waals surface area contributed by atoms with Crippen LogP contribution in [0.4, 0.5) is 5.69 Å². The van der Waals surface area contributed by atoms with Gasteiger partial charge in [-0.05, 0) is 37.1 Å². The van der Waals surface area contributed by atoms with Gasteiger partial charge in [-0.15, -0.1) is 0 Å². The molecule has 0 aromatic heterocycles. The first-order chi connectivity index (χ1) is 12.0. The number of hydrogen-bond acceptors (Lipinski definition) is 3. The number of carbonyl (C=O) groups excluding carboxylic acids is 3. The summed E-state index contributed by atoms with van der Waals surface area (Å²) in [6.07, 6.45) is 0. The summed E-state index contributed by atoms with van der Waals surface area (Å²) in [5.41, 5.74) is 3.13. The van der Waals surface area contributed by atoms with Crippen LogP contribution in [-0.4, -0.2) is 30.8 Å². The van der Waals surface area contributed by atoms with Gasteiger partial charge >= 0.3 is 0 Å². The first-order valence-corrected chi connectivity index (χ1v) is 7.93. The average Bonchev–Trinajstić information content (AvgIpc) is 2.62. The summed E-state index contributed by atoms with van der Waals surface area (Å²) in [6, 6.07) is 14.3. The minimum absolute atomic E-state index is 0.159. The van der Waals surface area contributed by atoms with Crippen LogP contribution in [0.15, 0.2) is 48.5 Å². The SMILES string of the molecule is Cc1cccc(C)c1NC(=O)CNC(=O)CNC(=O)c1ccccc1. The van der Waals surface area contributed by atoms with Crippen LogP contribution in [0.25, 0.3) is 0 Å². The Hall–Kier alpha value is -3.15. The summed E-state index contributed by atoms with van der Waals surface area (Å²) in [6.45, 7) is 3.46. The maximum atomic E-state index is 12.0. The van der Waals surface area contributed by atoms with Gasteiger partial charge < -0.3 is 16.0 Å². The molecule has 0 saturated carbocycles. The van der Waals surface area contributed by atoms with Gasteiger partial charge in [-0.2, -0.15) is 0 Å². The van der Waals surface area contributed by atoms with Crippen molar-refractivity contribution >= 4 is 23.4 Å². The van der Waals surface area contributed by atoms with E-state index in [0.29, 0.717) is 5.56 Å². The minimum atomic E-state index is -0.430. The molecule has 0 saturated heterocycles. The summed E-state index contributed by atoms with van der Waals surface area (Å²) in [7, 11) is 0. The molecule has 0 radical (unpaired) electrons. The smallest absolute Gasteiger partial charge is 0.251 e. The Morgan fingerprint density at radius 2 is 1.36 bits per heavy atom. The molecule has 3 amide bonds. The number of benzene rings is 2. The number of amides is 3. The molecule has 3 N–H and O–H groups in total. The zero-order valence-corrected chi connectivity index (χ0v) is 14.3. The Morgan fingerprint density at radius 1 is 0.760 bits per heavy atom. The van der Waals surface area contributed by atoms with Crippen molar-refractivity contribution in [3.63, 3.8) is 0 Å². The number of nitrogens with one attached hydrogen (secondary N) is 3. The minimum Gasteiger partial charge on any atom is -0.345 e. The summed E-state index contributed by atoms with van der Waals surface area (Å²) < 4.78 is 0. The average molecular weight is 339 g/mol. The molecule has 130 valence electrons. The normalized spacial score (nSPS) is 10.0. The lowest BCUT2D eigenvalue weighted by Gasteiger charge is -2.12. The highest BCUT2D eigenvalue weighted by Crippen LogP contribution is 2.18. The zero-order valence-electron chi connectivity index (χ0n) is 14.3. The van der Waals surface area contributed by atoms with Gasteiger partial charge in [0.2, 0.25) is 11.8 Å². The molecule has 0 spiro atoms. The van der Waals surface area contributed by atoms with Crippen LogP contribution in [0.3, 0.4) is 0 Å². The van der Waals surface area contributed by atoms with Crippen LogP contribution in [0.5, 0.6) is 0 Å². The molecule has 0 aliphatic carbocycles. The Labute approximate surface area is 146 Å². The predicted molar refractivity (Wildman–Crippen MR) is 96.3 cm³/mol. The van der Waals surface area contributed by atoms with Crippen LogP contribution >= 0.6 is 0 Å². The van der Waals surface area contributed by atoms with E-state index in [2.05, 4.69) is 16.0 Å². The van der Waals surface area contributed by atoms with Crippen molar-refractivity contribution in [3.8, 4) is 0 Å². The second-order valence-corrected chi connectivity index (χ2v) is 5.64. The molecule has 6 heteroatoms. The second-order valence-electron chi connectivity index (χ2n) is 5.64. The highest BCUT2D eigenvalue weighted by Gasteiger charge is 2.10. The molecule has 6 nitrogen and oxygen atoms in total. The highest BCUT2D eigenvalue weighted by molar-refractivity contribution is 5.98. The van der Waals surface area contributed by atoms with E-state index in [1.165, 1.54) is 0 Å². The molecule has 0 unspecified atom stereocenters. The molecule has 2 aromatic rings. The van der Waals surface area contributed by atoms with E-state index in [4.69, 9.17) is 0 Å². The lowest BCUT2D eigenvalue weighted by Crippen LogP contribution is -2.40. The summed E-state index contributed by atoms with van der Waals surface area (Å²) >= 11 is 0. The number of aryl methyl sites for hydroxylation is 2. The van der Waals surface area contributed by atoms with Gasteiger partial charge in [0.25, 0.3) is 5.91 Å². The van der Waals surface area contributed by atoms with Crippen molar-refractivity contribution in [1.29, 1.82) is 0 Å². The molecule has 2 aromatic carbocycles. The van der Waals surface area contributed by atoms with Crippen molar-refractivity contribution < 1.29 is 14.4 Å². The van der Waals surface area contributed by atoms with E-state index in [0.717, 1.165) is 16.8 Å². The quantitative estimate of drug-likeness (QED) is 0.750. The predicted octanol–water partition coefficient (Wildman–Crippen LogP) is 1.79. The van der Waals surface area contributed by atoms with Gasteiger partial charge in [-0.3, -0.25) is 14.4 Å². The van der Waals surface area contributed by atoms with E-state index < -0.39 is 5.91 Å². The highest BCUT2D eigenvalue weighted by atomic mass is 16.2. The Kier molecular flexibility index (Phi) is 6.28. The van der Waals surface area contributed by atoms with Crippen molar-refractivity contribution in [2.75, 3.05) is 18.4 Å². The van der Waals surface area contributed by atoms with Crippen molar-refractivity contribution in [2.45, 2.75) is 13.8 Å². The monoisotopic (exact) mass is 339 g/mol. The van der Waals surface area contributed by atoms with Gasteiger partial charge in [-0.1, -0.05) is 36.4 Å². The Morgan fingerprint density at radius 3 is 2.00 bits per heavy atom. The molecule has 0 aliphatic heterocycles. The van der Waals surface area contributed by atoms with Gasteiger partial charge in [0.05, 0.1) is 13.1 Å². The maximum absolute atomic E-state index is 12.0. The van der Waals surface area contributed by atoms with Gasteiger partial charge in [0.1, 0.15) is 0 Å². The van der Waals surface area contributed by atoms with E-state index >= 15 is 0 Å². The van der Waals surface area contributed by atoms with Crippen LogP contribution in [-0.2, 0) is 9.59 Å². The first-order valence-electron chi connectivity index (χ1n) is 7.93. The topological polar surface area (TPSA) is 87.3 Å². The van der Waals surface area contributed by atoms with E-state index in [9.17, 15) is 14.4 Å². The molecule has 0 aliphatic rings. The summed E-state index contributed by atoms with van der Waals surface area (Å²) in [5, 5.41) is 7.77. The van der Waals surface area contributed by atoms with Crippen LogP contribution in [0, 0.1) is 13.8 Å². The third kappa shape index (κ3) is 5.46. The third-order valence-corrected chi connectivity index (χ3v) is 3.64. The maximum Gasteiger partial charge on any atom is 0.251 e. The van der Waals surface area contributed by atoms with Crippen LogP contribution < -0.4 is 16.0 Å². The molecule has 0 heterocycles. The van der Waals surface area contributed by atoms with Crippen LogP contribution in [0.1, 0.15) is 21.5 Å². The third-order valence-electron chi connectivity index (χ3n) is 3.64. The standard InChI is InChI=1S/C19H21N3O3/c1-13-7-6-8-14(2)18(13)22-17(24)12-20-16(23)11-21-19(25)15-9-4-3-5-10-15/h3-10H,11-12H2,1-2H3,(H,20,23)(H,21,25)(H,22,24). The molecule has 25 heavy (non-hydrogen) atoms. The lowest BCUT2D eigenvalue weighted by molar-refractivity contribution is -0.123. The van der Waals surface area contributed by atoms with E-state index in [1.807, 2.05) is 32.0 Å². The molecule has 2 rings (SSSR count). The molecule has 0 fully saturated rings. The number of hydrogen-bond donors (Lipinski definition) is 3. The Bertz CT molecular complexity index is 752. The molecule has 0 atom stereocenters. The largest absolute Gasteiger partial charge is 0.345 e. The zero-order chi connectivity index (χ0) is 18.2. The Balaban J connectivity index is 1.76. The fraction of sp³-hybridized carbons (Fsp3) is 0.211. The fourth-order valence-corrected chi connectivity index (χ4v) is 2.29. The first kappa shape index (κ1) is 18.2.